The van der Waals surface area contributed by atoms with Crippen molar-refractivity contribution in [3.05, 3.63) is 48.0 Å². The predicted octanol–water partition coefficient (Wildman–Crippen LogP) is 2.57. The van der Waals surface area contributed by atoms with Crippen molar-refractivity contribution in [2.24, 2.45) is 0 Å². The van der Waals surface area contributed by atoms with Gasteiger partial charge in [-0.05, 0) is 18.6 Å². The van der Waals surface area contributed by atoms with Crippen LogP contribution >= 0.6 is 0 Å². The van der Waals surface area contributed by atoms with Crippen LogP contribution in [0.2, 0.25) is 0 Å². The summed E-state index contributed by atoms with van der Waals surface area (Å²) in [6.45, 7) is 1.24. The summed E-state index contributed by atoms with van der Waals surface area (Å²) < 4.78 is 42.6. The number of nitrogens with one attached hydrogen (secondary N) is 1. The average Bonchev–Trinajstić information content (AvgIpc) is 3.03. The summed E-state index contributed by atoms with van der Waals surface area (Å²) >= 11 is 0. The smallest absolute Gasteiger partial charge is 0.422 e. The molecule has 0 spiro atoms. The van der Waals surface area contributed by atoms with Gasteiger partial charge >= 0.3 is 6.18 Å². The first-order valence-electron chi connectivity index (χ1n) is 8.10. The summed E-state index contributed by atoms with van der Waals surface area (Å²) in [5.41, 5.74) is 1.62. The number of carbonyl (C=O) groups is 1. The molecule has 0 radical (unpaired) electrons. The quantitative estimate of drug-likeness (QED) is 0.712. The molecule has 3 aromatic rings. The molecule has 3 rings (SSSR count). The first-order valence-corrected chi connectivity index (χ1v) is 8.10. The predicted molar refractivity (Wildman–Crippen MR) is 90.4 cm³/mol. The molecule has 0 bridgehead atoms. The normalized spacial score (nSPS) is 11.6. The highest BCUT2D eigenvalue weighted by molar-refractivity contribution is 6.04. The minimum Gasteiger partial charge on any atom is -0.468 e. The lowest BCUT2D eigenvalue weighted by atomic mass is 10.2. The van der Waals surface area contributed by atoms with Gasteiger partial charge in [0, 0.05) is 31.2 Å². The largest absolute Gasteiger partial charge is 0.468 e. The fraction of sp³-hybridized carbons (Fsp3) is 0.294. The molecule has 0 aliphatic heterocycles. The Kier molecular flexibility index (Phi) is 5.24. The zero-order valence-corrected chi connectivity index (χ0v) is 14.3. The van der Waals surface area contributed by atoms with E-state index in [1.165, 1.54) is 18.5 Å². The number of carbonyl (C=O) groups excluding carboxylic acids is 1. The molecule has 7 nitrogen and oxygen atoms in total. The van der Waals surface area contributed by atoms with E-state index >= 15 is 0 Å². The third kappa shape index (κ3) is 4.72. The summed E-state index contributed by atoms with van der Waals surface area (Å²) in [5.74, 6) is -0.389. The molecule has 3 aromatic heterocycles. The molecule has 3 heterocycles. The van der Waals surface area contributed by atoms with E-state index in [0.29, 0.717) is 24.0 Å². The van der Waals surface area contributed by atoms with E-state index in [9.17, 15) is 18.0 Å². The van der Waals surface area contributed by atoms with Gasteiger partial charge in [0.2, 0.25) is 5.88 Å². The standard InChI is InChI=1S/C17H16F3N5O2/c1-2-21-16(26)15-12-9-25(24-13(12)5-6-22-15)8-11-3-4-14(23-7-11)27-10-17(18,19)20/h3-7,9H,2,8,10H2,1H3,(H,21,26). The molecule has 0 fully saturated rings. The Morgan fingerprint density at radius 3 is 2.74 bits per heavy atom. The number of pyridine rings is 2. The van der Waals surface area contributed by atoms with Gasteiger partial charge in [0.25, 0.3) is 5.91 Å². The highest BCUT2D eigenvalue weighted by Gasteiger charge is 2.28. The van der Waals surface area contributed by atoms with Crippen LogP contribution < -0.4 is 10.1 Å². The molecule has 0 aromatic carbocycles. The molecule has 0 saturated heterocycles. The zero-order chi connectivity index (χ0) is 19.4. The lowest BCUT2D eigenvalue weighted by Gasteiger charge is -2.08. The van der Waals surface area contributed by atoms with Crippen LogP contribution in [0.3, 0.4) is 0 Å². The maximum absolute atomic E-state index is 12.1. The number of hydrogen-bond acceptors (Lipinski definition) is 5. The molecule has 0 aliphatic rings. The SMILES string of the molecule is CCNC(=O)c1nccc2nn(Cc3ccc(OCC(F)(F)F)nc3)cc12. The first kappa shape index (κ1) is 18.6. The first-order chi connectivity index (χ1) is 12.9. The zero-order valence-electron chi connectivity index (χ0n) is 14.3. The molecule has 0 atom stereocenters. The van der Waals surface area contributed by atoms with E-state index in [4.69, 9.17) is 0 Å². The van der Waals surface area contributed by atoms with Gasteiger partial charge in [-0.1, -0.05) is 6.07 Å². The van der Waals surface area contributed by atoms with Crippen LogP contribution in [0.25, 0.3) is 10.9 Å². The van der Waals surface area contributed by atoms with E-state index < -0.39 is 12.8 Å². The molecule has 10 heteroatoms. The Balaban J connectivity index is 1.75. The molecular weight excluding hydrogens is 363 g/mol. The summed E-state index contributed by atoms with van der Waals surface area (Å²) in [7, 11) is 0. The number of halogens is 3. The van der Waals surface area contributed by atoms with Crippen molar-refractivity contribution in [1.29, 1.82) is 0 Å². The summed E-state index contributed by atoms with van der Waals surface area (Å²) in [6.07, 6.45) is 0.214. The molecule has 0 saturated carbocycles. The maximum Gasteiger partial charge on any atom is 0.422 e. The number of fused-ring (bicyclic) bond motifs is 1. The minimum atomic E-state index is -4.41. The average molecular weight is 379 g/mol. The molecule has 0 aliphatic carbocycles. The Bertz CT molecular complexity index is 938. The van der Waals surface area contributed by atoms with Gasteiger partial charge in [-0.3, -0.25) is 14.5 Å². The summed E-state index contributed by atoms with van der Waals surface area (Å²) in [4.78, 5) is 20.1. The van der Waals surface area contributed by atoms with E-state index in [2.05, 4.69) is 25.1 Å². The second-order valence-corrected chi connectivity index (χ2v) is 5.69. The number of amides is 1. The molecular formula is C17H16F3N5O2. The van der Waals surface area contributed by atoms with Gasteiger partial charge in [-0.25, -0.2) is 4.98 Å². The van der Waals surface area contributed by atoms with E-state index in [-0.39, 0.29) is 17.5 Å². The van der Waals surface area contributed by atoms with E-state index in [1.54, 1.807) is 23.0 Å². The van der Waals surface area contributed by atoms with E-state index in [0.717, 1.165) is 5.56 Å². The van der Waals surface area contributed by atoms with Crippen molar-refractivity contribution in [2.45, 2.75) is 19.6 Å². The van der Waals surface area contributed by atoms with Gasteiger partial charge in [-0.2, -0.15) is 18.3 Å². The van der Waals surface area contributed by atoms with Crippen LogP contribution in [0.5, 0.6) is 5.88 Å². The van der Waals surface area contributed by atoms with Crippen molar-refractivity contribution in [3.8, 4) is 5.88 Å². The van der Waals surface area contributed by atoms with Gasteiger partial charge in [0.15, 0.2) is 6.61 Å². The van der Waals surface area contributed by atoms with Crippen molar-refractivity contribution in [2.75, 3.05) is 13.2 Å². The van der Waals surface area contributed by atoms with E-state index in [1.807, 2.05) is 6.92 Å². The number of rotatable bonds is 6. The Morgan fingerprint density at radius 1 is 1.26 bits per heavy atom. The highest BCUT2D eigenvalue weighted by Crippen LogP contribution is 2.18. The van der Waals surface area contributed by atoms with Crippen molar-refractivity contribution in [1.82, 2.24) is 25.1 Å². The van der Waals surface area contributed by atoms with Crippen molar-refractivity contribution < 1.29 is 22.7 Å². The number of ether oxygens (including phenoxy) is 1. The third-order valence-corrected chi connectivity index (χ3v) is 3.56. The fourth-order valence-corrected chi connectivity index (χ4v) is 2.43. The Morgan fingerprint density at radius 2 is 2.07 bits per heavy atom. The molecule has 27 heavy (non-hydrogen) atoms. The Hall–Kier alpha value is -3.17. The lowest BCUT2D eigenvalue weighted by Crippen LogP contribution is -2.23. The number of aromatic nitrogens is 4. The van der Waals surface area contributed by atoms with Crippen LogP contribution in [0.4, 0.5) is 13.2 Å². The monoisotopic (exact) mass is 379 g/mol. The second kappa shape index (κ2) is 7.60. The summed E-state index contributed by atoms with van der Waals surface area (Å²) in [6, 6.07) is 4.67. The minimum absolute atomic E-state index is 0.107. The Labute approximate surface area is 152 Å². The topological polar surface area (TPSA) is 81.9 Å². The number of alkyl halides is 3. The molecule has 1 amide bonds. The van der Waals surface area contributed by atoms with Crippen LogP contribution in [0, 0.1) is 0 Å². The highest BCUT2D eigenvalue weighted by atomic mass is 19.4. The maximum atomic E-state index is 12.1. The number of nitrogens with zero attached hydrogens (tertiary/aromatic N) is 4. The van der Waals surface area contributed by atoms with Crippen LogP contribution in [-0.2, 0) is 6.54 Å². The van der Waals surface area contributed by atoms with Gasteiger partial charge in [0.1, 0.15) is 5.69 Å². The van der Waals surface area contributed by atoms with Crippen molar-refractivity contribution >= 4 is 16.8 Å². The lowest BCUT2D eigenvalue weighted by molar-refractivity contribution is -0.154. The van der Waals surface area contributed by atoms with Crippen LogP contribution in [0.1, 0.15) is 23.0 Å². The summed E-state index contributed by atoms with van der Waals surface area (Å²) in [5, 5.41) is 7.70. The molecule has 1 N–H and O–H groups in total. The van der Waals surface area contributed by atoms with Crippen LogP contribution in [0.15, 0.2) is 36.8 Å². The van der Waals surface area contributed by atoms with Crippen LogP contribution in [-0.4, -0.2) is 45.0 Å². The molecule has 0 unspecified atom stereocenters. The molecule has 142 valence electrons. The van der Waals surface area contributed by atoms with Crippen molar-refractivity contribution in [3.63, 3.8) is 0 Å². The van der Waals surface area contributed by atoms with Gasteiger partial charge in [-0.15, -0.1) is 0 Å². The van der Waals surface area contributed by atoms with Gasteiger partial charge < -0.3 is 10.1 Å². The fourth-order valence-electron chi connectivity index (χ4n) is 2.43. The second-order valence-electron chi connectivity index (χ2n) is 5.69. The van der Waals surface area contributed by atoms with Gasteiger partial charge in [0.05, 0.1) is 17.4 Å². The number of hydrogen-bond donors (Lipinski definition) is 1. The third-order valence-electron chi connectivity index (χ3n) is 3.56.